The molecule has 0 spiro atoms. The highest BCUT2D eigenvalue weighted by Gasteiger charge is 2.22. The molecule has 0 saturated heterocycles. The van der Waals surface area contributed by atoms with Crippen molar-refractivity contribution in [2.24, 2.45) is 5.92 Å². The minimum atomic E-state index is -0.0897. The Kier molecular flexibility index (Phi) is 4.57. The van der Waals surface area contributed by atoms with E-state index in [-0.39, 0.29) is 6.10 Å². The molecule has 17 heavy (non-hydrogen) atoms. The van der Waals surface area contributed by atoms with E-state index in [0.29, 0.717) is 5.92 Å². The molecule has 0 amide bonds. The van der Waals surface area contributed by atoms with Crippen molar-refractivity contribution in [3.63, 3.8) is 0 Å². The van der Waals surface area contributed by atoms with Gasteiger partial charge >= 0.3 is 0 Å². The zero-order chi connectivity index (χ0) is 12.1. The van der Waals surface area contributed by atoms with Crippen LogP contribution < -0.4 is 5.32 Å². The lowest BCUT2D eigenvalue weighted by atomic mass is 9.86. The Balaban J connectivity index is 1.77. The maximum Gasteiger partial charge on any atom is 0.0580 e. The number of nitrogens with one attached hydrogen (secondary N) is 1. The van der Waals surface area contributed by atoms with Crippen molar-refractivity contribution in [1.29, 1.82) is 0 Å². The Labute approximate surface area is 104 Å². The van der Waals surface area contributed by atoms with E-state index >= 15 is 0 Å². The van der Waals surface area contributed by atoms with Crippen LogP contribution in [0.4, 0.5) is 0 Å². The molecule has 2 atom stereocenters. The van der Waals surface area contributed by atoms with Crippen LogP contribution in [0, 0.1) is 12.8 Å². The van der Waals surface area contributed by atoms with Crippen LogP contribution in [0.5, 0.6) is 0 Å². The topological polar surface area (TPSA) is 32.3 Å². The monoisotopic (exact) mass is 233 g/mol. The minimum absolute atomic E-state index is 0.0897. The highest BCUT2D eigenvalue weighted by atomic mass is 16.3. The van der Waals surface area contributed by atoms with Gasteiger partial charge < -0.3 is 10.4 Å². The molecule has 2 rings (SSSR count). The number of hydrogen-bond acceptors (Lipinski definition) is 2. The molecule has 0 radical (unpaired) electrons. The van der Waals surface area contributed by atoms with E-state index in [0.717, 1.165) is 19.5 Å². The lowest BCUT2D eigenvalue weighted by Crippen LogP contribution is -2.33. The van der Waals surface area contributed by atoms with Gasteiger partial charge in [0.05, 0.1) is 6.10 Å². The van der Waals surface area contributed by atoms with Crippen LogP contribution in [0.15, 0.2) is 24.3 Å². The molecule has 1 fully saturated rings. The Bertz CT molecular complexity index is 351. The Hall–Kier alpha value is -0.860. The molecule has 1 aromatic carbocycles. The lowest BCUT2D eigenvalue weighted by molar-refractivity contribution is 0.0695. The van der Waals surface area contributed by atoms with Crippen LogP contribution >= 0.6 is 0 Å². The van der Waals surface area contributed by atoms with Crippen molar-refractivity contribution in [3.05, 3.63) is 35.4 Å². The van der Waals surface area contributed by atoms with Gasteiger partial charge in [-0.2, -0.15) is 0 Å². The molecule has 0 aliphatic heterocycles. The molecule has 0 bridgehead atoms. The standard InChI is InChI=1S/C15H23NO/c1-12-6-2-3-7-13(12)10-16-11-14-8-4-5-9-15(14)17/h2-3,6-7,14-17H,4-5,8-11H2,1H3. The smallest absolute Gasteiger partial charge is 0.0580 e. The lowest BCUT2D eigenvalue weighted by Gasteiger charge is -2.27. The molecule has 2 unspecified atom stereocenters. The van der Waals surface area contributed by atoms with Gasteiger partial charge in [0, 0.05) is 13.1 Å². The van der Waals surface area contributed by atoms with Gasteiger partial charge in [-0.25, -0.2) is 0 Å². The zero-order valence-electron chi connectivity index (χ0n) is 10.7. The SMILES string of the molecule is Cc1ccccc1CNCC1CCCCC1O. The van der Waals surface area contributed by atoms with Crippen LogP contribution in [0.2, 0.25) is 0 Å². The first-order chi connectivity index (χ1) is 8.27. The number of aliphatic hydroxyl groups is 1. The predicted molar refractivity (Wildman–Crippen MR) is 70.9 cm³/mol. The molecule has 0 aromatic heterocycles. The fraction of sp³-hybridized carbons (Fsp3) is 0.600. The average Bonchev–Trinajstić information content (AvgIpc) is 2.34. The summed E-state index contributed by atoms with van der Waals surface area (Å²) in [5.74, 6) is 0.452. The van der Waals surface area contributed by atoms with Gasteiger partial charge in [0.1, 0.15) is 0 Å². The summed E-state index contributed by atoms with van der Waals surface area (Å²) in [5, 5.41) is 13.4. The van der Waals surface area contributed by atoms with E-state index in [9.17, 15) is 5.11 Å². The third-order valence-corrected chi connectivity index (χ3v) is 3.85. The molecule has 94 valence electrons. The second kappa shape index (κ2) is 6.18. The summed E-state index contributed by atoms with van der Waals surface area (Å²) in [5.41, 5.74) is 2.70. The fourth-order valence-corrected chi connectivity index (χ4v) is 2.63. The first-order valence-electron chi connectivity index (χ1n) is 6.70. The molecule has 2 heteroatoms. The van der Waals surface area contributed by atoms with Crippen molar-refractivity contribution in [2.75, 3.05) is 6.54 Å². The van der Waals surface area contributed by atoms with Gasteiger partial charge in [-0.3, -0.25) is 0 Å². The van der Waals surface area contributed by atoms with E-state index in [1.54, 1.807) is 0 Å². The van der Waals surface area contributed by atoms with Crippen LogP contribution in [0.3, 0.4) is 0 Å². The zero-order valence-corrected chi connectivity index (χ0v) is 10.7. The van der Waals surface area contributed by atoms with Gasteiger partial charge in [-0.1, -0.05) is 37.1 Å². The molecular formula is C15H23NO. The van der Waals surface area contributed by atoms with Gasteiger partial charge in [-0.05, 0) is 36.8 Å². The summed E-state index contributed by atoms with van der Waals surface area (Å²) in [7, 11) is 0. The van der Waals surface area contributed by atoms with Crippen LogP contribution in [-0.2, 0) is 6.54 Å². The number of aliphatic hydroxyl groups excluding tert-OH is 1. The normalized spacial score (nSPS) is 24.8. The molecular weight excluding hydrogens is 210 g/mol. The van der Waals surface area contributed by atoms with E-state index in [2.05, 4.69) is 36.5 Å². The van der Waals surface area contributed by atoms with Crippen molar-refractivity contribution in [3.8, 4) is 0 Å². The molecule has 1 saturated carbocycles. The molecule has 1 aliphatic rings. The van der Waals surface area contributed by atoms with E-state index in [1.807, 2.05) is 0 Å². The van der Waals surface area contributed by atoms with Crippen LogP contribution in [0.1, 0.15) is 36.8 Å². The highest BCUT2D eigenvalue weighted by Crippen LogP contribution is 2.23. The summed E-state index contributed by atoms with van der Waals surface area (Å²) in [6.45, 7) is 4.00. The van der Waals surface area contributed by atoms with E-state index in [4.69, 9.17) is 0 Å². The van der Waals surface area contributed by atoms with Crippen molar-refractivity contribution in [2.45, 2.75) is 45.3 Å². The van der Waals surface area contributed by atoms with Gasteiger partial charge in [-0.15, -0.1) is 0 Å². The quantitative estimate of drug-likeness (QED) is 0.838. The summed E-state index contributed by atoms with van der Waals surface area (Å²) in [4.78, 5) is 0. The molecule has 0 heterocycles. The summed E-state index contributed by atoms with van der Waals surface area (Å²) < 4.78 is 0. The predicted octanol–water partition coefficient (Wildman–Crippen LogP) is 2.64. The molecule has 1 aliphatic carbocycles. The molecule has 1 aromatic rings. The van der Waals surface area contributed by atoms with Gasteiger partial charge in [0.25, 0.3) is 0 Å². The summed E-state index contributed by atoms with van der Waals surface area (Å²) in [6, 6.07) is 8.47. The number of benzene rings is 1. The molecule has 2 nitrogen and oxygen atoms in total. The minimum Gasteiger partial charge on any atom is -0.393 e. The Morgan fingerprint density at radius 3 is 2.76 bits per heavy atom. The van der Waals surface area contributed by atoms with Crippen LogP contribution in [0.25, 0.3) is 0 Å². The number of hydrogen-bond donors (Lipinski definition) is 2. The van der Waals surface area contributed by atoms with Gasteiger partial charge in [0.15, 0.2) is 0 Å². The summed E-state index contributed by atoms with van der Waals surface area (Å²) in [6.07, 6.45) is 4.52. The summed E-state index contributed by atoms with van der Waals surface area (Å²) >= 11 is 0. The second-order valence-electron chi connectivity index (χ2n) is 5.17. The molecule has 2 N–H and O–H groups in total. The highest BCUT2D eigenvalue weighted by molar-refractivity contribution is 5.25. The maximum atomic E-state index is 9.88. The maximum absolute atomic E-state index is 9.88. The Morgan fingerprint density at radius 1 is 1.24 bits per heavy atom. The third kappa shape index (κ3) is 3.55. The first-order valence-corrected chi connectivity index (χ1v) is 6.70. The fourth-order valence-electron chi connectivity index (χ4n) is 2.63. The van der Waals surface area contributed by atoms with E-state index in [1.165, 1.54) is 30.4 Å². The largest absolute Gasteiger partial charge is 0.393 e. The average molecular weight is 233 g/mol. The number of rotatable bonds is 4. The van der Waals surface area contributed by atoms with E-state index < -0.39 is 0 Å². The third-order valence-electron chi connectivity index (χ3n) is 3.85. The first kappa shape index (κ1) is 12.6. The van der Waals surface area contributed by atoms with Crippen molar-refractivity contribution >= 4 is 0 Å². The Morgan fingerprint density at radius 2 is 2.00 bits per heavy atom. The van der Waals surface area contributed by atoms with Crippen LogP contribution in [-0.4, -0.2) is 17.8 Å². The van der Waals surface area contributed by atoms with Gasteiger partial charge in [0.2, 0.25) is 0 Å². The van der Waals surface area contributed by atoms with Crippen molar-refractivity contribution in [1.82, 2.24) is 5.32 Å². The second-order valence-corrected chi connectivity index (χ2v) is 5.17. The number of aryl methyl sites for hydroxylation is 1. The van der Waals surface area contributed by atoms with Crippen molar-refractivity contribution < 1.29 is 5.11 Å².